The Balaban J connectivity index is 0.000000380. The van der Waals surface area contributed by atoms with Gasteiger partial charge < -0.3 is 63.0 Å². The summed E-state index contributed by atoms with van der Waals surface area (Å²) in [6.07, 6.45) is 15.6. The molecule has 3 N–H and O–H groups in total. The third-order valence-electron chi connectivity index (χ3n) is 12.9. The molecule has 6 aliphatic rings. The van der Waals surface area contributed by atoms with Crippen LogP contribution in [0.2, 0.25) is 0 Å². The van der Waals surface area contributed by atoms with Crippen molar-refractivity contribution in [3.05, 3.63) is 0 Å². The molecule has 6 unspecified atom stereocenters. The number of aliphatic imine (C=N–C) groups is 1. The number of hydrogen-bond donors (Lipinski definition) is 3. The second-order valence-corrected chi connectivity index (χ2v) is 18.6. The Hall–Kier alpha value is -2.75. The molecule has 1 amide bonds. The quantitative estimate of drug-likeness (QED) is 0.0332. The van der Waals surface area contributed by atoms with Gasteiger partial charge in [0.1, 0.15) is 30.2 Å². The van der Waals surface area contributed by atoms with Crippen molar-refractivity contribution in [2.45, 2.75) is 185 Å². The summed E-state index contributed by atoms with van der Waals surface area (Å²) in [5.41, 5.74) is -1.44. The van der Waals surface area contributed by atoms with Gasteiger partial charge in [0, 0.05) is 20.1 Å². The van der Waals surface area contributed by atoms with Crippen molar-refractivity contribution in [2.75, 3.05) is 79.7 Å². The molecule has 0 aromatic heterocycles. The molecular formula is C47H83N3O14. The zero-order valence-corrected chi connectivity index (χ0v) is 40.3. The van der Waals surface area contributed by atoms with E-state index in [1.807, 2.05) is 6.92 Å². The molecule has 4 heterocycles. The van der Waals surface area contributed by atoms with Crippen LogP contribution in [0.4, 0.5) is 4.79 Å². The molecule has 370 valence electrons. The monoisotopic (exact) mass is 914 g/mol. The van der Waals surface area contributed by atoms with Crippen LogP contribution in [0.5, 0.6) is 0 Å². The highest BCUT2D eigenvalue weighted by Gasteiger charge is 2.61. The number of unbranched alkanes of at least 4 members (excludes halogenated alkanes) is 7. The Bertz CT molecular complexity index is 1390. The van der Waals surface area contributed by atoms with Gasteiger partial charge in [-0.15, -0.1) is 0 Å². The Morgan fingerprint density at radius 3 is 1.62 bits per heavy atom. The van der Waals surface area contributed by atoms with E-state index in [0.29, 0.717) is 71.0 Å². The lowest BCUT2D eigenvalue weighted by Crippen LogP contribution is -2.69. The van der Waals surface area contributed by atoms with Gasteiger partial charge in [0.25, 0.3) is 6.26 Å². The van der Waals surface area contributed by atoms with Gasteiger partial charge >= 0.3 is 6.09 Å². The number of rotatable bonds is 29. The SMILES string of the molecule is CC1(C)OC2(C)C(OCCO)CC1CC2OCCO.COCCOC1CC2CC(OCCOC(=O)NCCCCCCCC(C)=O)C1(C)OC2(C)C.N#COCCCCCCN=C=O. The fourth-order valence-electron chi connectivity index (χ4n) is 9.28. The van der Waals surface area contributed by atoms with Crippen molar-refractivity contribution in [1.29, 1.82) is 5.26 Å². The molecule has 0 aromatic carbocycles. The second kappa shape index (κ2) is 30.5. The summed E-state index contributed by atoms with van der Waals surface area (Å²) >= 11 is 0. The van der Waals surface area contributed by atoms with Crippen LogP contribution in [0.3, 0.4) is 0 Å². The van der Waals surface area contributed by atoms with Gasteiger partial charge in [-0.3, -0.25) is 0 Å². The normalized spacial score (nSPS) is 28.0. The number of aliphatic hydroxyl groups is 2. The molecule has 6 rings (SSSR count). The second-order valence-electron chi connectivity index (χ2n) is 18.6. The number of ketones is 1. The van der Waals surface area contributed by atoms with E-state index in [0.717, 1.165) is 83.5 Å². The smallest absolute Gasteiger partial charge is 0.407 e. The maximum Gasteiger partial charge on any atom is 0.407 e. The third kappa shape index (κ3) is 19.6. The van der Waals surface area contributed by atoms with Gasteiger partial charge in [0.15, 0.2) is 0 Å². The predicted octanol–water partition coefficient (Wildman–Crippen LogP) is 6.14. The van der Waals surface area contributed by atoms with Gasteiger partial charge in [-0.1, -0.05) is 25.7 Å². The van der Waals surface area contributed by atoms with Crippen LogP contribution >= 0.6 is 0 Å². The average Bonchev–Trinajstić information content (AvgIpc) is 3.23. The van der Waals surface area contributed by atoms with Crippen LogP contribution < -0.4 is 5.32 Å². The van der Waals surface area contributed by atoms with E-state index in [1.165, 1.54) is 6.08 Å². The Morgan fingerprint density at radius 2 is 1.14 bits per heavy atom. The number of methoxy groups -OCH3 is 1. The van der Waals surface area contributed by atoms with E-state index in [9.17, 15) is 14.4 Å². The highest BCUT2D eigenvalue weighted by Crippen LogP contribution is 2.53. The Morgan fingerprint density at radius 1 is 0.672 bits per heavy atom. The van der Waals surface area contributed by atoms with E-state index < -0.39 is 17.3 Å². The minimum absolute atomic E-state index is 0.0167. The Kier molecular flexibility index (Phi) is 27.4. The van der Waals surface area contributed by atoms with E-state index in [-0.39, 0.29) is 61.2 Å². The molecule has 2 aliphatic carbocycles. The van der Waals surface area contributed by atoms with E-state index >= 15 is 0 Å². The summed E-state index contributed by atoms with van der Waals surface area (Å²) in [4.78, 5) is 35.8. The number of ether oxygens (including phenoxy) is 9. The largest absolute Gasteiger partial charge is 0.447 e. The lowest BCUT2D eigenvalue weighted by molar-refractivity contribution is -0.326. The molecule has 0 aromatic rings. The van der Waals surface area contributed by atoms with Gasteiger partial charge in [0.05, 0.1) is 88.4 Å². The van der Waals surface area contributed by atoms with Crippen molar-refractivity contribution in [1.82, 2.24) is 5.32 Å². The van der Waals surface area contributed by atoms with Gasteiger partial charge in [-0.25, -0.2) is 14.6 Å². The van der Waals surface area contributed by atoms with Crippen LogP contribution in [0.1, 0.15) is 138 Å². The molecule has 4 aliphatic heterocycles. The lowest BCUT2D eigenvalue weighted by Gasteiger charge is -2.60. The first kappa shape index (κ1) is 57.4. The number of isocyanates is 1. The van der Waals surface area contributed by atoms with Crippen LogP contribution in [0.25, 0.3) is 0 Å². The number of aliphatic hydroxyl groups excluding tert-OH is 2. The number of amides is 1. The van der Waals surface area contributed by atoms with Crippen LogP contribution in [0, 0.1) is 23.4 Å². The van der Waals surface area contributed by atoms with E-state index in [2.05, 4.69) is 49.7 Å². The first-order valence-corrected chi connectivity index (χ1v) is 23.6. The molecular weight excluding hydrogens is 831 g/mol. The van der Waals surface area contributed by atoms with E-state index in [4.69, 9.17) is 53.4 Å². The topological polar surface area (TPSA) is 223 Å². The summed E-state index contributed by atoms with van der Waals surface area (Å²) in [6.45, 7) is 18.1. The predicted molar refractivity (Wildman–Crippen MR) is 238 cm³/mol. The molecule has 17 nitrogen and oxygen atoms in total. The average molecular weight is 914 g/mol. The minimum Gasteiger partial charge on any atom is -0.447 e. The molecule has 0 spiro atoms. The zero-order valence-electron chi connectivity index (χ0n) is 40.3. The summed E-state index contributed by atoms with van der Waals surface area (Å²) in [6, 6.07) is 0. The van der Waals surface area contributed by atoms with Crippen molar-refractivity contribution >= 4 is 18.0 Å². The number of nitrogens with one attached hydrogen (secondary N) is 1. The van der Waals surface area contributed by atoms with Crippen molar-refractivity contribution in [3.8, 4) is 6.26 Å². The maximum absolute atomic E-state index is 11.9. The lowest BCUT2D eigenvalue weighted by atomic mass is 9.65. The van der Waals surface area contributed by atoms with Gasteiger partial charge in [-0.05, 0) is 118 Å². The maximum atomic E-state index is 11.9. The van der Waals surface area contributed by atoms with Crippen molar-refractivity contribution < 1.29 is 67.2 Å². The number of Topliss-reactive ketones (excluding diaryl/α,β-unsaturated/α-hetero) is 1. The fraction of sp³-hybridized carbons (Fsp3) is 0.915. The number of hydrogen-bond acceptors (Lipinski definition) is 16. The highest BCUT2D eigenvalue weighted by atomic mass is 16.6. The first-order valence-electron chi connectivity index (χ1n) is 23.6. The minimum atomic E-state index is -0.543. The van der Waals surface area contributed by atoms with Gasteiger partial charge in [0.2, 0.25) is 6.08 Å². The Labute approximate surface area is 382 Å². The number of alkyl carbamates (subject to hydrolysis) is 1. The van der Waals surface area contributed by atoms with Crippen LogP contribution in [-0.4, -0.2) is 155 Å². The number of carbonyl (C=O) groups is 2. The summed E-state index contributed by atoms with van der Waals surface area (Å²) in [5, 5.41) is 28.7. The molecule has 17 heteroatoms. The summed E-state index contributed by atoms with van der Waals surface area (Å²) in [7, 11) is 1.67. The third-order valence-corrected chi connectivity index (χ3v) is 12.9. The fourth-order valence-corrected chi connectivity index (χ4v) is 9.28. The molecule has 4 bridgehead atoms. The molecule has 6 atom stereocenters. The molecule has 6 fully saturated rings. The number of nitrogens with zero attached hydrogens (tertiary/aromatic N) is 2. The summed E-state index contributed by atoms with van der Waals surface area (Å²) < 4.78 is 51.3. The zero-order chi connectivity index (χ0) is 47.5. The number of fused-ring (bicyclic) bond motifs is 6. The molecule has 2 saturated carbocycles. The van der Waals surface area contributed by atoms with E-state index in [1.54, 1.807) is 20.3 Å². The summed E-state index contributed by atoms with van der Waals surface area (Å²) in [5.74, 6) is 0.977. The van der Waals surface area contributed by atoms with Crippen LogP contribution in [-0.2, 0) is 52.2 Å². The highest BCUT2D eigenvalue weighted by molar-refractivity contribution is 5.75. The first-order chi connectivity index (χ1) is 30.5. The number of nitriles is 1. The van der Waals surface area contributed by atoms with Crippen molar-refractivity contribution in [3.63, 3.8) is 0 Å². The molecule has 0 radical (unpaired) electrons. The standard InChI is InChI=1S/C25H45NO7.C14H26O5.C8H12N2O2/c1-19(27)11-9-7-6-8-10-12-26-23(28)32-16-15-31-22-18-20-17-21(30-14-13-29-5)25(22,4)33-24(20,2)3;1-13(2)10-8-11(17-6-4-15)14(3,19-13)12(9-10)18-7-5-16;9-7-12-6-4-2-1-3-5-10-8-11/h20-22H,6-18H2,1-5H3,(H,26,28);10-12,15-16H,4-9H2,1-3H3;1-6H2. The number of carbonyl (C=O) groups excluding carboxylic acids is 3. The van der Waals surface area contributed by atoms with Crippen LogP contribution in [0.15, 0.2) is 4.99 Å². The van der Waals surface area contributed by atoms with Gasteiger partial charge in [-0.2, -0.15) is 5.26 Å². The van der Waals surface area contributed by atoms with Crippen molar-refractivity contribution in [2.24, 2.45) is 16.8 Å². The molecule has 4 saturated heterocycles. The molecule has 64 heavy (non-hydrogen) atoms.